The van der Waals surface area contributed by atoms with Crippen molar-refractivity contribution in [3.8, 4) is 11.5 Å². The maximum Gasteiger partial charge on any atom is 0.329 e. The number of hydrogen-bond donors (Lipinski definition) is 3. The Morgan fingerprint density at radius 1 is 0.853 bits per heavy atom. The molecule has 3 aromatic carbocycles. The number of anilines is 2. The number of hydrazone groups is 1. The molecule has 0 aliphatic rings. The third kappa shape index (κ3) is 7.20. The van der Waals surface area contributed by atoms with Crippen LogP contribution < -0.4 is 25.5 Å². The molecule has 3 aromatic rings. The van der Waals surface area contributed by atoms with Crippen molar-refractivity contribution in [1.29, 1.82) is 0 Å². The minimum Gasteiger partial charge on any atom is -0.497 e. The predicted octanol–water partition coefficient (Wildman–Crippen LogP) is 3.11. The molecule has 0 bridgehead atoms. The van der Waals surface area contributed by atoms with Gasteiger partial charge in [-0.15, -0.1) is 0 Å². The summed E-state index contributed by atoms with van der Waals surface area (Å²) in [4.78, 5) is 35.9. The minimum absolute atomic E-state index is 0.161. The van der Waals surface area contributed by atoms with Gasteiger partial charge in [-0.2, -0.15) is 5.10 Å². The van der Waals surface area contributed by atoms with Crippen LogP contribution in [0, 0.1) is 6.92 Å². The molecule has 0 aliphatic heterocycles. The fourth-order valence-electron chi connectivity index (χ4n) is 2.78. The van der Waals surface area contributed by atoms with E-state index < -0.39 is 11.8 Å². The molecule has 0 aromatic heterocycles. The van der Waals surface area contributed by atoms with E-state index in [1.54, 1.807) is 67.8 Å². The summed E-state index contributed by atoms with van der Waals surface area (Å²) < 4.78 is 10.6. The van der Waals surface area contributed by atoms with Gasteiger partial charge >= 0.3 is 11.8 Å². The first-order valence-corrected chi connectivity index (χ1v) is 10.3. The molecule has 3 amide bonds. The van der Waals surface area contributed by atoms with E-state index in [1.807, 2.05) is 19.1 Å². The number of para-hydroxylation sites is 1. The first-order valence-electron chi connectivity index (χ1n) is 10.3. The molecule has 34 heavy (non-hydrogen) atoms. The lowest BCUT2D eigenvalue weighted by molar-refractivity contribution is -0.136. The predicted molar refractivity (Wildman–Crippen MR) is 129 cm³/mol. The summed E-state index contributed by atoms with van der Waals surface area (Å²) in [5.41, 5.74) is 4.87. The van der Waals surface area contributed by atoms with Crippen molar-refractivity contribution >= 4 is 35.3 Å². The van der Waals surface area contributed by atoms with Gasteiger partial charge in [-0.3, -0.25) is 14.4 Å². The lowest BCUT2D eigenvalue weighted by Gasteiger charge is -2.08. The van der Waals surface area contributed by atoms with Crippen molar-refractivity contribution in [2.45, 2.75) is 6.92 Å². The standard InChI is InChI=1S/C25H24N4O5/c1-17-5-3-4-6-22(17)28-24(31)25(32)29-26-15-18-7-11-21(12-8-18)34-16-23(30)27-19-9-13-20(33-2)14-10-19/h3-15H,16H2,1-2H3,(H,27,30)(H,28,31)(H,29,32)/b26-15-. The number of rotatable bonds is 8. The Kier molecular flexibility index (Phi) is 8.34. The monoisotopic (exact) mass is 460 g/mol. The van der Waals surface area contributed by atoms with Crippen molar-refractivity contribution < 1.29 is 23.9 Å². The smallest absolute Gasteiger partial charge is 0.329 e. The average molecular weight is 460 g/mol. The molecule has 0 aliphatic carbocycles. The molecule has 0 saturated carbocycles. The highest BCUT2D eigenvalue weighted by Crippen LogP contribution is 2.16. The number of nitrogens with one attached hydrogen (secondary N) is 3. The zero-order valence-corrected chi connectivity index (χ0v) is 18.7. The Hall–Kier alpha value is -4.66. The van der Waals surface area contributed by atoms with Crippen LogP contribution in [0.2, 0.25) is 0 Å². The number of methoxy groups -OCH3 is 1. The van der Waals surface area contributed by atoms with Gasteiger partial charge in [0.2, 0.25) is 0 Å². The zero-order valence-electron chi connectivity index (χ0n) is 18.7. The van der Waals surface area contributed by atoms with E-state index >= 15 is 0 Å². The summed E-state index contributed by atoms with van der Waals surface area (Å²) in [6.07, 6.45) is 1.39. The number of nitrogens with zero attached hydrogens (tertiary/aromatic N) is 1. The topological polar surface area (TPSA) is 118 Å². The number of benzene rings is 3. The van der Waals surface area contributed by atoms with Gasteiger partial charge in [0.1, 0.15) is 11.5 Å². The second-order valence-corrected chi connectivity index (χ2v) is 7.10. The van der Waals surface area contributed by atoms with Crippen molar-refractivity contribution in [3.05, 3.63) is 83.9 Å². The molecule has 0 radical (unpaired) electrons. The van der Waals surface area contributed by atoms with E-state index in [0.29, 0.717) is 28.4 Å². The summed E-state index contributed by atoms with van der Waals surface area (Å²) in [5.74, 6) is -0.820. The van der Waals surface area contributed by atoms with Crippen LogP contribution in [0.15, 0.2) is 77.9 Å². The summed E-state index contributed by atoms with van der Waals surface area (Å²) in [6, 6.07) is 20.8. The van der Waals surface area contributed by atoms with Gasteiger partial charge in [0.15, 0.2) is 6.61 Å². The van der Waals surface area contributed by atoms with Gasteiger partial charge in [-0.1, -0.05) is 18.2 Å². The third-order valence-corrected chi connectivity index (χ3v) is 4.60. The van der Waals surface area contributed by atoms with Gasteiger partial charge in [-0.05, 0) is 72.6 Å². The lowest BCUT2D eigenvalue weighted by Crippen LogP contribution is -2.32. The Bertz CT molecular complexity index is 1170. The van der Waals surface area contributed by atoms with Crippen LogP contribution in [0.5, 0.6) is 11.5 Å². The Morgan fingerprint density at radius 2 is 1.53 bits per heavy atom. The van der Waals surface area contributed by atoms with E-state index in [4.69, 9.17) is 9.47 Å². The van der Waals surface area contributed by atoms with E-state index in [0.717, 1.165) is 5.56 Å². The molecule has 3 N–H and O–H groups in total. The van der Waals surface area contributed by atoms with Crippen LogP contribution in [0.3, 0.4) is 0 Å². The SMILES string of the molecule is COc1ccc(NC(=O)COc2ccc(/C=N\NC(=O)C(=O)Nc3ccccc3C)cc2)cc1. The Morgan fingerprint density at radius 3 is 2.21 bits per heavy atom. The molecule has 0 spiro atoms. The summed E-state index contributed by atoms with van der Waals surface area (Å²) in [6.45, 7) is 1.66. The lowest BCUT2D eigenvalue weighted by atomic mass is 10.2. The molecular weight excluding hydrogens is 436 g/mol. The van der Waals surface area contributed by atoms with Crippen molar-refractivity contribution in [3.63, 3.8) is 0 Å². The number of ether oxygens (including phenoxy) is 2. The number of carbonyl (C=O) groups is 3. The van der Waals surface area contributed by atoms with Gasteiger partial charge in [0.25, 0.3) is 5.91 Å². The summed E-state index contributed by atoms with van der Waals surface area (Å²) in [5, 5.41) is 9.05. The zero-order chi connectivity index (χ0) is 24.3. The molecular formula is C25H24N4O5. The number of amides is 3. The Balaban J connectivity index is 1.42. The van der Waals surface area contributed by atoms with Gasteiger partial charge in [0, 0.05) is 11.4 Å². The van der Waals surface area contributed by atoms with Crippen LogP contribution in [-0.2, 0) is 14.4 Å². The fourth-order valence-corrected chi connectivity index (χ4v) is 2.78. The quantitative estimate of drug-likeness (QED) is 0.271. The fraction of sp³-hybridized carbons (Fsp3) is 0.120. The molecule has 0 fully saturated rings. The molecule has 0 unspecified atom stereocenters. The largest absolute Gasteiger partial charge is 0.497 e. The first kappa shape index (κ1) is 24.0. The van der Waals surface area contributed by atoms with Crippen LogP contribution in [-0.4, -0.2) is 37.7 Å². The van der Waals surface area contributed by atoms with E-state index in [9.17, 15) is 14.4 Å². The maximum absolute atomic E-state index is 12.0. The minimum atomic E-state index is -0.887. The molecule has 174 valence electrons. The first-order chi connectivity index (χ1) is 16.4. The van der Waals surface area contributed by atoms with E-state index in [2.05, 4.69) is 21.2 Å². The van der Waals surface area contributed by atoms with E-state index in [1.165, 1.54) is 6.21 Å². The number of carbonyl (C=O) groups excluding carboxylic acids is 3. The van der Waals surface area contributed by atoms with Crippen LogP contribution in [0.25, 0.3) is 0 Å². The molecule has 3 rings (SSSR count). The maximum atomic E-state index is 12.0. The summed E-state index contributed by atoms with van der Waals surface area (Å²) >= 11 is 0. The van der Waals surface area contributed by atoms with Gasteiger partial charge in [-0.25, -0.2) is 5.43 Å². The normalized spacial score (nSPS) is 10.4. The molecule has 0 heterocycles. The number of aryl methyl sites for hydroxylation is 1. The summed E-state index contributed by atoms with van der Waals surface area (Å²) in [7, 11) is 1.57. The van der Waals surface area contributed by atoms with Crippen LogP contribution in [0.1, 0.15) is 11.1 Å². The molecule has 0 saturated heterocycles. The molecule has 9 heteroatoms. The van der Waals surface area contributed by atoms with Crippen LogP contribution >= 0.6 is 0 Å². The van der Waals surface area contributed by atoms with Crippen molar-refractivity contribution in [2.75, 3.05) is 24.4 Å². The second kappa shape index (κ2) is 11.8. The highest BCUT2D eigenvalue weighted by molar-refractivity contribution is 6.39. The highest BCUT2D eigenvalue weighted by atomic mass is 16.5. The highest BCUT2D eigenvalue weighted by Gasteiger charge is 2.13. The van der Waals surface area contributed by atoms with Crippen LogP contribution in [0.4, 0.5) is 11.4 Å². The van der Waals surface area contributed by atoms with Crippen molar-refractivity contribution in [2.24, 2.45) is 5.10 Å². The second-order valence-electron chi connectivity index (χ2n) is 7.10. The van der Waals surface area contributed by atoms with Crippen molar-refractivity contribution in [1.82, 2.24) is 5.43 Å². The molecule has 0 atom stereocenters. The average Bonchev–Trinajstić information content (AvgIpc) is 2.85. The third-order valence-electron chi connectivity index (χ3n) is 4.60. The molecule has 9 nitrogen and oxygen atoms in total. The Labute approximate surface area is 196 Å². The van der Waals surface area contributed by atoms with Gasteiger partial charge in [0.05, 0.1) is 13.3 Å². The van der Waals surface area contributed by atoms with E-state index in [-0.39, 0.29) is 12.5 Å². The number of hydrogen-bond acceptors (Lipinski definition) is 6. The van der Waals surface area contributed by atoms with Gasteiger partial charge < -0.3 is 20.1 Å².